The summed E-state index contributed by atoms with van der Waals surface area (Å²) in [5.41, 5.74) is 2.31. The van der Waals surface area contributed by atoms with Crippen LogP contribution in [0.2, 0.25) is 0 Å². The summed E-state index contributed by atoms with van der Waals surface area (Å²) in [7, 11) is 0. The molecular formula is C22H27N5. The Hall–Kier alpha value is -2.95. The van der Waals surface area contributed by atoms with Gasteiger partial charge in [0, 0.05) is 25.3 Å². The first-order chi connectivity index (χ1) is 13.3. The first-order valence-corrected chi connectivity index (χ1v) is 9.63. The van der Waals surface area contributed by atoms with Gasteiger partial charge in [-0.3, -0.25) is 0 Å². The Morgan fingerprint density at radius 2 is 1.44 bits per heavy atom. The topological polar surface area (TPSA) is 45.2 Å². The maximum absolute atomic E-state index is 4.86. The fourth-order valence-electron chi connectivity index (χ4n) is 3.08. The van der Waals surface area contributed by atoms with Gasteiger partial charge in [-0.1, -0.05) is 62.4 Å². The molecule has 0 bridgehead atoms. The molecule has 0 radical (unpaired) electrons. The molecule has 0 N–H and O–H groups in total. The third-order valence-corrected chi connectivity index (χ3v) is 4.33. The van der Waals surface area contributed by atoms with Crippen LogP contribution >= 0.6 is 0 Å². The van der Waals surface area contributed by atoms with Crippen LogP contribution in [0.15, 0.2) is 66.9 Å². The first-order valence-electron chi connectivity index (χ1n) is 9.63. The number of nitrogens with zero attached hydrogens (tertiary/aromatic N) is 5. The zero-order valence-corrected chi connectivity index (χ0v) is 16.1. The van der Waals surface area contributed by atoms with Gasteiger partial charge in [0.05, 0.1) is 6.20 Å². The summed E-state index contributed by atoms with van der Waals surface area (Å²) in [6.45, 7) is 6.94. The SMILES string of the molecule is CCCN(CCC)c1nncc(N(Cc2ccccc2)c2ccccc2)n1. The normalized spacial score (nSPS) is 10.6. The highest BCUT2D eigenvalue weighted by Crippen LogP contribution is 2.26. The third kappa shape index (κ3) is 5.03. The van der Waals surface area contributed by atoms with Gasteiger partial charge < -0.3 is 9.80 Å². The molecule has 0 aliphatic rings. The quantitative estimate of drug-likeness (QED) is 0.546. The molecule has 0 spiro atoms. The second kappa shape index (κ2) is 9.67. The Balaban J connectivity index is 1.95. The van der Waals surface area contributed by atoms with E-state index in [4.69, 9.17) is 4.98 Å². The van der Waals surface area contributed by atoms with Gasteiger partial charge in [0.25, 0.3) is 0 Å². The molecule has 0 aliphatic carbocycles. The highest BCUT2D eigenvalue weighted by molar-refractivity contribution is 5.60. The van der Waals surface area contributed by atoms with Crippen molar-refractivity contribution < 1.29 is 0 Å². The average molecular weight is 361 g/mol. The van der Waals surface area contributed by atoms with E-state index >= 15 is 0 Å². The Labute approximate surface area is 161 Å². The van der Waals surface area contributed by atoms with E-state index in [1.807, 2.05) is 24.3 Å². The van der Waals surface area contributed by atoms with Crippen LogP contribution in [0.1, 0.15) is 32.3 Å². The molecule has 27 heavy (non-hydrogen) atoms. The van der Waals surface area contributed by atoms with E-state index in [-0.39, 0.29) is 0 Å². The van der Waals surface area contributed by atoms with Crippen LogP contribution in [0.3, 0.4) is 0 Å². The highest BCUT2D eigenvalue weighted by atomic mass is 15.3. The van der Waals surface area contributed by atoms with Gasteiger partial charge in [0.1, 0.15) is 0 Å². The van der Waals surface area contributed by atoms with Crippen molar-refractivity contribution in [2.45, 2.75) is 33.2 Å². The lowest BCUT2D eigenvalue weighted by Gasteiger charge is -2.26. The number of para-hydroxylation sites is 1. The third-order valence-electron chi connectivity index (χ3n) is 4.33. The van der Waals surface area contributed by atoms with E-state index in [1.54, 1.807) is 6.20 Å². The maximum atomic E-state index is 4.86. The molecule has 5 heteroatoms. The van der Waals surface area contributed by atoms with Crippen molar-refractivity contribution in [2.24, 2.45) is 0 Å². The standard InChI is InChI=1S/C22H27N5/c1-3-15-26(16-4-2)22-24-21(17-23-25-22)27(20-13-9-6-10-14-20)18-19-11-7-5-8-12-19/h5-14,17H,3-4,15-16,18H2,1-2H3. The summed E-state index contributed by atoms with van der Waals surface area (Å²) in [5, 5.41) is 8.56. The van der Waals surface area contributed by atoms with Gasteiger partial charge in [-0.2, -0.15) is 10.1 Å². The summed E-state index contributed by atoms with van der Waals surface area (Å²) < 4.78 is 0. The van der Waals surface area contributed by atoms with Crippen LogP contribution in [0.4, 0.5) is 17.5 Å². The number of anilines is 3. The Morgan fingerprint density at radius 3 is 2.07 bits per heavy atom. The van der Waals surface area contributed by atoms with Crippen LogP contribution in [0, 0.1) is 0 Å². The van der Waals surface area contributed by atoms with Crippen molar-refractivity contribution in [3.05, 3.63) is 72.4 Å². The fraction of sp³-hybridized carbons (Fsp3) is 0.318. The van der Waals surface area contributed by atoms with E-state index < -0.39 is 0 Å². The number of hydrogen-bond donors (Lipinski definition) is 0. The van der Waals surface area contributed by atoms with Gasteiger partial charge in [-0.25, -0.2) is 0 Å². The Kier molecular flexibility index (Phi) is 6.74. The molecular weight excluding hydrogens is 334 g/mol. The summed E-state index contributed by atoms with van der Waals surface area (Å²) in [5.74, 6) is 1.51. The van der Waals surface area contributed by atoms with Crippen molar-refractivity contribution in [1.29, 1.82) is 0 Å². The molecule has 0 saturated heterocycles. The van der Waals surface area contributed by atoms with E-state index in [0.29, 0.717) is 5.95 Å². The number of rotatable bonds is 9. The fourth-order valence-corrected chi connectivity index (χ4v) is 3.08. The monoisotopic (exact) mass is 361 g/mol. The molecule has 0 saturated carbocycles. The molecule has 1 heterocycles. The molecule has 1 aromatic heterocycles. The van der Waals surface area contributed by atoms with Gasteiger partial charge in [-0.05, 0) is 30.5 Å². The van der Waals surface area contributed by atoms with Crippen LogP contribution < -0.4 is 9.80 Å². The second-order valence-electron chi connectivity index (χ2n) is 6.51. The summed E-state index contributed by atoms with van der Waals surface area (Å²) in [6, 6.07) is 20.7. The van der Waals surface area contributed by atoms with Crippen molar-refractivity contribution in [1.82, 2.24) is 15.2 Å². The number of aromatic nitrogens is 3. The molecule has 0 aliphatic heterocycles. The predicted octanol–water partition coefficient (Wildman–Crippen LogP) is 4.84. The minimum atomic E-state index is 0.699. The average Bonchev–Trinajstić information content (AvgIpc) is 2.73. The second-order valence-corrected chi connectivity index (χ2v) is 6.51. The summed E-state index contributed by atoms with van der Waals surface area (Å²) in [6.07, 6.45) is 3.86. The number of hydrogen-bond acceptors (Lipinski definition) is 5. The van der Waals surface area contributed by atoms with Crippen LogP contribution in [0.25, 0.3) is 0 Å². The van der Waals surface area contributed by atoms with Gasteiger partial charge >= 0.3 is 0 Å². The van der Waals surface area contributed by atoms with E-state index in [9.17, 15) is 0 Å². The maximum Gasteiger partial charge on any atom is 0.247 e. The first kappa shape index (κ1) is 18.8. The lowest BCUT2D eigenvalue weighted by atomic mass is 10.2. The van der Waals surface area contributed by atoms with E-state index in [1.165, 1.54) is 5.56 Å². The van der Waals surface area contributed by atoms with E-state index in [0.717, 1.165) is 44.0 Å². The van der Waals surface area contributed by atoms with Crippen molar-refractivity contribution in [3.63, 3.8) is 0 Å². The molecule has 0 fully saturated rings. The van der Waals surface area contributed by atoms with Gasteiger partial charge in [0.2, 0.25) is 5.95 Å². The van der Waals surface area contributed by atoms with Crippen molar-refractivity contribution >= 4 is 17.5 Å². The highest BCUT2D eigenvalue weighted by Gasteiger charge is 2.15. The molecule has 0 atom stereocenters. The lowest BCUT2D eigenvalue weighted by Crippen LogP contribution is -2.28. The zero-order valence-electron chi connectivity index (χ0n) is 16.1. The lowest BCUT2D eigenvalue weighted by molar-refractivity contribution is 0.708. The molecule has 0 unspecified atom stereocenters. The van der Waals surface area contributed by atoms with Crippen molar-refractivity contribution in [2.75, 3.05) is 22.9 Å². The van der Waals surface area contributed by atoms with Gasteiger partial charge in [0.15, 0.2) is 5.82 Å². The molecule has 0 amide bonds. The van der Waals surface area contributed by atoms with Crippen LogP contribution in [0.5, 0.6) is 0 Å². The minimum Gasteiger partial charge on any atom is -0.339 e. The zero-order chi connectivity index (χ0) is 18.9. The summed E-state index contributed by atoms with van der Waals surface area (Å²) >= 11 is 0. The molecule has 3 rings (SSSR count). The van der Waals surface area contributed by atoms with Gasteiger partial charge in [-0.15, -0.1) is 5.10 Å². The smallest absolute Gasteiger partial charge is 0.247 e. The molecule has 2 aromatic carbocycles. The minimum absolute atomic E-state index is 0.699. The Morgan fingerprint density at radius 1 is 0.815 bits per heavy atom. The molecule has 3 aromatic rings. The van der Waals surface area contributed by atoms with Crippen LogP contribution in [-0.4, -0.2) is 28.3 Å². The van der Waals surface area contributed by atoms with E-state index in [2.05, 4.69) is 70.2 Å². The molecule has 140 valence electrons. The summed E-state index contributed by atoms with van der Waals surface area (Å²) in [4.78, 5) is 9.26. The largest absolute Gasteiger partial charge is 0.339 e. The number of benzene rings is 2. The van der Waals surface area contributed by atoms with Crippen LogP contribution in [-0.2, 0) is 6.54 Å². The molecule has 5 nitrogen and oxygen atoms in total. The Bertz CT molecular complexity index is 801. The van der Waals surface area contributed by atoms with Crippen molar-refractivity contribution in [3.8, 4) is 0 Å². The predicted molar refractivity (Wildman–Crippen MR) is 111 cm³/mol.